The van der Waals surface area contributed by atoms with Gasteiger partial charge in [0.15, 0.2) is 17.5 Å². The van der Waals surface area contributed by atoms with Gasteiger partial charge in [0.1, 0.15) is 11.2 Å². The van der Waals surface area contributed by atoms with E-state index in [2.05, 4.69) is 121 Å². The highest BCUT2D eigenvalue weighted by Gasteiger charge is 2.48. The molecule has 9 aromatic rings. The molecule has 0 aliphatic heterocycles. The van der Waals surface area contributed by atoms with Gasteiger partial charge in [-0.05, 0) is 107 Å². The minimum atomic E-state index is 0.610. The molecule has 284 valence electrons. The third-order valence-electron chi connectivity index (χ3n) is 13.7. The molecule has 4 aliphatic rings. The lowest BCUT2D eigenvalue weighted by Gasteiger charge is -2.54. The normalized spacial score (nSPS) is 20.7. The number of aromatic nitrogens is 3. The molecule has 4 saturated carbocycles. The van der Waals surface area contributed by atoms with Crippen LogP contribution in [-0.2, 0) is 0 Å². The van der Waals surface area contributed by atoms with Crippen molar-refractivity contribution in [3.8, 4) is 67.5 Å². The van der Waals surface area contributed by atoms with Crippen molar-refractivity contribution in [3.63, 3.8) is 0 Å². The van der Waals surface area contributed by atoms with Crippen molar-refractivity contribution >= 4 is 21.9 Å². The summed E-state index contributed by atoms with van der Waals surface area (Å²) in [6, 6.07) is 60.2. The van der Waals surface area contributed by atoms with E-state index in [9.17, 15) is 0 Å². The predicted octanol–water partition coefficient (Wildman–Crippen LogP) is 14.3. The van der Waals surface area contributed by atoms with Crippen LogP contribution in [0.25, 0.3) is 89.5 Å². The van der Waals surface area contributed by atoms with Crippen LogP contribution in [0.3, 0.4) is 0 Å². The molecule has 2 heterocycles. The Balaban J connectivity index is 0.918. The summed E-state index contributed by atoms with van der Waals surface area (Å²) in [5.41, 5.74) is 13.0. The first-order valence-electron chi connectivity index (χ1n) is 21.3. The molecule has 0 N–H and O–H groups in total. The number of hydrogen-bond donors (Lipinski definition) is 0. The molecule has 13 rings (SSSR count). The standard InChI is InChI=1S/C55H43N3O/c1-3-10-36(11-4-1)37-22-26-41(27-23-37)54-56-53(40-12-5-2-6-13-40)57-55(58-54)48-18-9-19-49-51(48)47-17-8-16-46(52(47)59-49)43-15-7-14-42(33-43)38-20-24-39(25-21-38)50-44-29-34-28-35(31-44)32-45(50)30-34/h1-27,33-35,44-45,50H,28-32H2. The molecule has 4 nitrogen and oxygen atoms in total. The van der Waals surface area contributed by atoms with Crippen LogP contribution in [0, 0.1) is 23.7 Å². The van der Waals surface area contributed by atoms with Gasteiger partial charge in [-0.1, -0.05) is 158 Å². The first-order chi connectivity index (χ1) is 29.2. The molecular weight excluding hydrogens is 719 g/mol. The highest BCUT2D eigenvalue weighted by Crippen LogP contribution is 2.60. The Morgan fingerprint density at radius 1 is 0.390 bits per heavy atom. The van der Waals surface area contributed by atoms with Gasteiger partial charge in [-0.2, -0.15) is 0 Å². The first-order valence-corrected chi connectivity index (χ1v) is 21.3. The zero-order chi connectivity index (χ0) is 38.9. The fourth-order valence-corrected chi connectivity index (χ4v) is 11.3. The quantitative estimate of drug-likeness (QED) is 0.162. The van der Waals surface area contributed by atoms with Gasteiger partial charge < -0.3 is 4.42 Å². The molecule has 4 fully saturated rings. The lowest BCUT2D eigenvalue weighted by Crippen LogP contribution is -2.43. The minimum absolute atomic E-state index is 0.610. The van der Waals surface area contributed by atoms with Gasteiger partial charge in [0.05, 0.1) is 0 Å². The van der Waals surface area contributed by atoms with Gasteiger partial charge in [0.25, 0.3) is 0 Å². The monoisotopic (exact) mass is 761 g/mol. The van der Waals surface area contributed by atoms with E-state index in [-0.39, 0.29) is 0 Å². The number of benzene rings is 7. The smallest absolute Gasteiger partial charge is 0.164 e. The summed E-state index contributed by atoms with van der Waals surface area (Å²) < 4.78 is 6.79. The van der Waals surface area contributed by atoms with E-state index in [1.807, 2.05) is 48.5 Å². The Kier molecular flexibility index (Phi) is 8.18. The van der Waals surface area contributed by atoms with Crippen LogP contribution in [0.2, 0.25) is 0 Å². The fourth-order valence-electron chi connectivity index (χ4n) is 11.3. The lowest BCUT2D eigenvalue weighted by atomic mass is 9.51. The number of para-hydroxylation sites is 1. The van der Waals surface area contributed by atoms with Gasteiger partial charge in [-0.25, -0.2) is 15.0 Å². The summed E-state index contributed by atoms with van der Waals surface area (Å²) in [5, 5.41) is 2.03. The molecule has 2 aromatic heterocycles. The van der Waals surface area contributed by atoms with Gasteiger partial charge in [-0.3, -0.25) is 0 Å². The maximum Gasteiger partial charge on any atom is 0.164 e. The average Bonchev–Trinajstić information content (AvgIpc) is 3.69. The van der Waals surface area contributed by atoms with Crippen LogP contribution in [0.15, 0.2) is 174 Å². The molecule has 0 amide bonds. The molecule has 7 aromatic carbocycles. The van der Waals surface area contributed by atoms with E-state index < -0.39 is 0 Å². The summed E-state index contributed by atoms with van der Waals surface area (Å²) in [6.07, 6.45) is 7.30. The van der Waals surface area contributed by atoms with Crippen molar-refractivity contribution in [2.75, 3.05) is 0 Å². The van der Waals surface area contributed by atoms with Crippen molar-refractivity contribution in [2.24, 2.45) is 23.7 Å². The lowest BCUT2D eigenvalue weighted by molar-refractivity contribution is -0.00277. The van der Waals surface area contributed by atoms with Crippen molar-refractivity contribution < 1.29 is 4.42 Å². The third kappa shape index (κ3) is 6.09. The summed E-state index contributed by atoms with van der Waals surface area (Å²) in [6.45, 7) is 0. The van der Waals surface area contributed by atoms with E-state index in [0.717, 1.165) is 84.9 Å². The maximum atomic E-state index is 6.79. The molecule has 4 heteroatoms. The van der Waals surface area contributed by atoms with Crippen LogP contribution in [0.4, 0.5) is 0 Å². The minimum Gasteiger partial charge on any atom is -0.455 e. The van der Waals surface area contributed by atoms with Gasteiger partial charge in [0, 0.05) is 33.0 Å². The summed E-state index contributed by atoms with van der Waals surface area (Å²) in [7, 11) is 0. The van der Waals surface area contributed by atoms with Crippen molar-refractivity contribution in [2.45, 2.75) is 38.0 Å². The molecule has 4 aliphatic carbocycles. The largest absolute Gasteiger partial charge is 0.455 e. The van der Waals surface area contributed by atoms with Crippen LogP contribution in [0.1, 0.15) is 43.6 Å². The maximum absolute atomic E-state index is 6.79. The Labute approximate surface area is 344 Å². The number of hydrogen-bond acceptors (Lipinski definition) is 4. The Morgan fingerprint density at radius 2 is 0.898 bits per heavy atom. The molecule has 0 unspecified atom stereocenters. The van der Waals surface area contributed by atoms with Crippen LogP contribution >= 0.6 is 0 Å². The van der Waals surface area contributed by atoms with Crippen molar-refractivity contribution in [1.29, 1.82) is 0 Å². The number of furan rings is 1. The van der Waals surface area contributed by atoms with Crippen molar-refractivity contribution in [3.05, 3.63) is 175 Å². The second-order valence-corrected chi connectivity index (χ2v) is 17.2. The molecule has 0 spiro atoms. The molecular formula is C55H43N3O. The highest BCUT2D eigenvalue weighted by atomic mass is 16.3. The van der Waals surface area contributed by atoms with E-state index in [4.69, 9.17) is 19.4 Å². The van der Waals surface area contributed by atoms with Crippen LogP contribution in [-0.4, -0.2) is 15.0 Å². The number of rotatable bonds is 7. The predicted molar refractivity (Wildman–Crippen MR) is 240 cm³/mol. The molecule has 0 atom stereocenters. The molecule has 59 heavy (non-hydrogen) atoms. The van der Waals surface area contributed by atoms with Crippen molar-refractivity contribution in [1.82, 2.24) is 15.0 Å². The molecule has 4 bridgehead atoms. The topological polar surface area (TPSA) is 51.8 Å². The second kappa shape index (κ2) is 14.0. The van der Waals surface area contributed by atoms with E-state index in [0.29, 0.717) is 17.5 Å². The molecule has 0 saturated heterocycles. The van der Waals surface area contributed by atoms with Gasteiger partial charge >= 0.3 is 0 Å². The number of nitrogens with zero attached hydrogens (tertiary/aromatic N) is 3. The van der Waals surface area contributed by atoms with E-state index >= 15 is 0 Å². The SMILES string of the molecule is c1ccc(-c2ccc(-c3nc(-c4ccccc4)nc(-c4cccc5oc6c(-c7cccc(-c8ccc(C9C%10CC%11CC(C%10)CC9C%11)cc8)c7)cccc6c45)n3)cc2)cc1. The zero-order valence-corrected chi connectivity index (χ0v) is 32.8. The van der Waals surface area contributed by atoms with Crippen LogP contribution < -0.4 is 0 Å². The average molecular weight is 762 g/mol. The Hall–Kier alpha value is -6.65. The summed E-state index contributed by atoms with van der Waals surface area (Å²) in [4.78, 5) is 15.3. The van der Waals surface area contributed by atoms with Gasteiger partial charge in [0.2, 0.25) is 0 Å². The first kappa shape index (κ1) is 34.4. The van der Waals surface area contributed by atoms with Crippen LogP contribution in [0.5, 0.6) is 0 Å². The zero-order valence-electron chi connectivity index (χ0n) is 32.8. The molecule has 0 radical (unpaired) electrons. The van der Waals surface area contributed by atoms with Gasteiger partial charge in [-0.15, -0.1) is 0 Å². The third-order valence-corrected chi connectivity index (χ3v) is 13.7. The summed E-state index contributed by atoms with van der Waals surface area (Å²) >= 11 is 0. The van der Waals surface area contributed by atoms with E-state index in [1.54, 1.807) is 5.56 Å². The number of fused-ring (bicyclic) bond motifs is 3. The summed E-state index contributed by atoms with van der Waals surface area (Å²) in [5.74, 6) is 6.39. The van der Waals surface area contributed by atoms with E-state index in [1.165, 1.54) is 48.8 Å². The Bertz CT molecular complexity index is 2960. The second-order valence-electron chi connectivity index (χ2n) is 17.2. The fraction of sp³-hybridized carbons (Fsp3) is 0.182. The highest BCUT2D eigenvalue weighted by molar-refractivity contribution is 6.15. The Morgan fingerprint density at radius 3 is 1.61 bits per heavy atom.